The van der Waals surface area contributed by atoms with E-state index in [9.17, 15) is 9.59 Å². The predicted octanol–water partition coefficient (Wildman–Crippen LogP) is 4.56. The van der Waals surface area contributed by atoms with Crippen molar-refractivity contribution in [3.8, 4) is 0 Å². The average Bonchev–Trinajstić information content (AvgIpc) is 2.63. The van der Waals surface area contributed by atoms with E-state index < -0.39 is 5.97 Å². The molecule has 0 atom stereocenters. The second-order valence-electron chi connectivity index (χ2n) is 5.74. The van der Waals surface area contributed by atoms with Crippen LogP contribution in [0.2, 0.25) is 0 Å². The zero-order valence-corrected chi connectivity index (χ0v) is 15.4. The number of nitrogens with one attached hydrogen (secondary N) is 1. The minimum Gasteiger partial charge on any atom is -0.463 e. The molecule has 1 N–H and O–H groups in total. The van der Waals surface area contributed by atoms with E-state index in [-0.39, 0.29) is 5.56 Å². The number of aryl methyl sites for hydroxylation is 1. The molecule has 0 unspecified atom stereocenters. The van der Waals surface area contributed by atoms with Crippen molar-refractivity contribution in [3.63, 3.8) is 0 Å². The van der Waals surface area contributed by atoms with Crippen LogP contribution in [0.3, 0.4) is 0 Å². The number of pyridine rings is 1. The van der Waals surface area contributed by atoms with Gasteiger partial charge in [0.05, 0.1) is 6.61 Å². The highest BCUT2D eigenvalue weighted by molar-refractivity contribution is 7.99. The molecule has 1 heterocycles. The normalized spacial score (nSPS) is 11.2. The Morgan fingerprint density at radius 2 is 1.92 bits per heavy atom. The highest BCUT2D eigenvalue weighted by atomic mass is 32.2. The topological polar surface area (TPSA) is 59.2 Å². The molecule has 132 valence electrons. The van der Waals surface area contributed by atoms with Crippen LogP contribution < -0.4 is 5.56 Å². The molecular weight excluding hydrogens is 346 g/mol. The van der Waals surface area contributed by atoms with Crippen molar-refractivity contribution in [2.24, 2.45) is 0 Å². The summed E-state index contributed by atoms with van der Waals surface area (Å²) in [5.74, 6) is -0.462. The first-order valence-corrected chi connectivity index (χ1v) is 9.14. The molecule has 3 rings (SSSR count). The van der Waals surface area contributed by atoms with Crippen LogP contribution in [-0.4, -0.2) is 17.6 Å². The number of hydrogen-bond donors (Lipinski definition) is 1. The van der Waals surface area contributed by atoms with E-state index in [1.165, 1.54) is 22.9 Å². The molecule has 0 aliphatic rings. The Morgan fingerprint density at radius 1 is 1.15 bits per heavy atom. The minimum atomic E-state index is -0.462. The maximum Gasteiger partial charge on any atom is 0.330 e. The van der Waals surface area contributed by atoms with E-state index in [1.54, 1.807) is 24.8 Å². The monoisotopic (exact) mass is 365 g/mol. The van der Waals surface area contributed by atoms with Crippen LogP contribution in [0.4, 0.5) is 0 Å². The number of carbonyl (C=O) groups is 1. The average molecular weight is 365 g/mol. The fourth-order valence-electron chi connectivity index (χ4n) is 2.55. The van der Waals surface area contributed by atoms with E-state index in [4.69, 9.17) is 4.74 Å². The quantitative estimate of drug-likeness (QED) is 0.532. The van der Waals surface area contributed by atoms with E-state index in [0.29, 0.717) is 12.2 Å². The summed E-state index contributed by atoms with van der Waals surface area (Å²) in [7, 11) is 0. The molecule has 2 aromatic carbocycles. The number of fused-ring (bicyclic) bond motifs is 1. The van der Waals surface area contributed by atoms with Gasteiger partial charge in [-0.25, -0.2) is 4.79 Å². The molecule has 5 heteroatoms. The lowest BCUT2D eigenvalue weighted by molar-refractivity contribution is -0.137. The van der Waals surface area contributed by atoms with Crippen LogP contribution in [0.15, 0.2) is 69.2 Å². The van der Waals surface area contributed by atoms with Gasteiger partial charge >= 0.3 is 5.97 Å². The number of esters is 1. The fourth-order valence-corrected chi connectivity index (χ4v) is 3.52. The Labute approximate surface area is 155 Å². The Bertz CT molecular complexity index is 1040. The van der Waals surface area contributed by atoms with Gasteiger partial charge in [-0.15, -0.1) is 0 Å². The smallest absolute Gasteiger partial charge is 0.330 e. The SMILES string of the molecule is CCOC(=O)/C=C/c1cc(Sc2ccc3ccccc3c2)c(C)[nH]c1=O. The molecule has 0 spiro atoms. The van der Waals surface area contributed by atoms with Gasteiger partial charge in [0, 0.05) is 27.1 Å². The molecule has 0 saturated carbocycles. The molecule has 0 bridgehead atoms. The van der Waals surface area contributed by atoms with Gasteiger partial charge in [-0.2, -0.15) is 0 Å². The lowest BCUT2D eigenvalue weighted by atomic mass is 10.1. The minimum absolute atomic E-state index is 0.231. The maximum absolute atomic E-state index is 12.1. The molecule has 3 aromatic rings. The van der Waals surface area contributed by atoms with Crippen molar-refractivity contribution in [1.29, 1.82) is 0 Å². The summed E-state index contributed by atoms with van der Waals surface area (Å²) in [5, 5.41) is 2.36. The lowest BCUT2D eigenvalue weighted by Gasteiger charge is -2.08. The summed E-state index contributed by atoms with van der Waals surface area (Å²) in [6, 6.07) is 16.2. The first-order chi connectivity index (χ1) is 12.6. The number of hydrogen-bond acceptors (Lipinski definition) is 4. The van der Waals surface area contributed by atoms with Gasteiger partial charge in [-0.05, 0) is 48.9 Å². The number of aromatic amines is 1. The summed E-state index contributed by atoms with van der Waals surface area (Å²) < 4.78 is 4.85. The number of benzene rings is 2. The zero-order valence-electron chi connectivity index (χ0n) is 14.6. The second kappa shape index (κ2) is 8.06. The van der Waals surface area contributed by atoms with Gasteiger partial charge in [-0.3, -0.25) is 4.79 Å². The van der Waals surface area contributed by atoms with Crippen molar-refractivity contribution >= 4 is 34.6 Å². The number of rotatable bonds is 5. The first kappa shape index (κ1) is 18.0. The summed E-state index contributed by atoms with van der Waals surface area (Å²) in [5.41, 5.74) is 0.985. The van der Waals surface area contributed by atoms with Crippen LogP contribution in [0.25, 0.3) is 16.8 Å². The summed E-state index contributed by atoms with van der Waals surface area (Å²) >= 11 is 1.58. The van der Waals surface area contributed by atoms with Crippen LogP contribution in [0, 0.1) is 6.92 Å². The van der Waals surface area contributed by atoms with Gasteiger partial charge < -0.3 is 9.72 Å². The largest absolute Gasteiger partial charge is 0.463 e. The van der Waals surface area contributed by atoms with E-state index in [2.05, 4.69) is 35.3 Å². The van der Waals surface area contributed by atoms with Crippen molar-refractivity contribution in [2.75, 3.05) is 6.61 Å². The Balaban J connectivity index is 1.90. The fraction of sp³-hybridized carbons (Fsp3) is 0.143. The molecule has 0 saturated heterocycles. The highest BCUT2D eigenvalue weighted by Crippen LogP contribution is 2.31. The Morgan fingerprint density at radius 3 is 2.69 bits per heavy atom. The van der Waals surface area contributed by atoms with Gasteiger partial charge in [0.1, 0.15) is 0 Å². The Hall–Kier alpha value is -2.79. The van der Waals surface area contributed by atoms with E-state index in [0.717, 1.165) is 15.5 Å². The molecule has 0 amide bonds. The summed E-state index contributed by atoms with van der Waals surface area (Å²) in [4.78, 5) is 28.4. The van der Waals surface area contributed by atoms with Crippen molar-refractivity contribution < 1.29 is 9.53 Å². The number of carbonyl (C=O) groups excluding carboxylic acids is 1. The zero-order chi connectivity index (χ0) is 18.5. The molecule has 0 aliphatic carbocycles. The summed E-state index contributed by atoms with van der Waals surface area (Å²) in [6.45, 7) is 3.91. The van der Waals surface area contributed by atoms with Gasteiger partial charge in [0.25, 0.3) is 5.56 Å². The maximum atomic E-state index is 12.1. The molecule has 0 fully saturated rings. The second-order valence-corrected chi connectivity index (χ2v) is 6.85. The molecule has 26 heavy (non-hydrogen) atoms. The van der Waals surface area contributed by atoms with E-state index in [1.807, 2.05) is 19.1 Å². The van der Waals surface area contributed by atoms with E-state index >= 15 is 0 Å². The number of ether oxygens (including phenoxy) is 1. The van der Waals surface area contributed by atoms with Crippen LogP contribution in [0.5, 0.6) is 0 Å². The van der Waals surface area contributed by atoms with Gasteiger partial charge in [0.15, 0.2) is 0 Å². The number of H-pyrrole nitrogens is 1. The molecule has 0 radical (unpaired) electrons. The summed E-state index contributed by atoms with van der Waals surface area (Å²) in [6.07, 6.45) is 2.76. The van der Waals surface area contributed by atoms with Crippen molar-refractivity contribution in [2.45, 2.75) is 23.6 Å². The highest BCUT2D eigenvalue weighted by Gasteiger charge is 2.07. The van der Waals surface area contributed by atoms with Gasteiger partial charge in [0.2, 0.25) is 0 Å². The van der Waals surface area contributed by atoms with Crippen LogP contribution >= 0.6 is 11.8 Å². The third kappa shape index (κ3) is 4.24. The standard InChI is InChI=1S/C21H19NO3S/c1-3-25-20(23)11-9-17-13-19(14(2)22-21(17)24)26-18-10-8-15-6-4-5-7-16(15)12-18/h4-13H,3H2,1-2H3,(H,22,24)/b11-9+. The predicted molar refractivity (Wildman–Crippen MR) is 106 cm³/mol. The molecule has 4 nitrogen and oxygen atoms in total. The van der Waals surface area contributed by atoms with Gasteiger partial charge in [-0.1, -0.05) is 42.1 Å². The molecular formula is C21H19NO3S. The van der Waals surface area contributed by atoms with Crippen molar-refractivity contribution in [3.05, 3.63) is 76.2 Å². The first-order valence-electron chi connectivity index (χ1n) is 8.32. The number of aromatic nitrogens is 1. The Kier molecular flexibility index (Phi) is 5.58. The van der Waals surface area contributed by atoms with Crippen LogP contribution in [-0.2, 0) is 9.53 Å². The molecule has 0 aliphatic heterocycles. The third-order valence-electron chi connectivity index (χ3n) is 3.85. The van der Waals surface area contributed by atoms with Crippen molar-refractivity contribution in [1.82, 2.24) is 4.98 Å². The lowest BCUT2D eigenvalue weighted by Crippen LogP contribution is -2.11. The third-order valence-corrected chi connectivity index (χ3v) is 4.99. The molecule has 1 aromatic heterocycles. The van der Waals surface area contributed by atoms with Crippen LogP contribution in [0.1, 0.15) is 18.2 Å².